The van der Waals surface area contributed by atoms with Gasteiger partial charge in [-0.3, -0.25) is 4.79 Å². The molecule has 0 spiro atoms. The fourth-order valence-electron chi connectivity index (χ4n) is 3.47. The third-order valence-corrected chi connectivity index (χ3v) is 4.98. The molecule has 0 bridgehead atoms. The van der Waals surface area contributed by atoms with Crippen molar-refractivity contribution in [2.24, 2.45) is 17.6 Å². The summed E-state index contributed by atoms with van der Waals surface area (Å²) < 4.78 is 0. The monoisotopic (exact) mass is 252 g/mol. The lowest BCUT2D eigenvalue weighted by Gasteiger charge is -2.37. The largest absolute Gasteiger partial charge is 0.351 e. The van der Waals surface area contributed by atoms with Gasteiger partial charge in [0.15, 0.2) is 0 Å². The minimum Gasteiger partial charge on any atom is -0.351 e. The zero-order valence-corrected chi connectivity index (χ0v) is 11.9. The third kappa shape index (κ3) is 3.47. The molecule has 3 heteroatoms. The number of hydrogen-bond donors (Lipinski definition) is 2. The molecule has 1 amide bonds. The predicted octanol–water partition coefficient (Wildman–Crippen LogP) is 2.59. The molecule has 18 heavy (non-hydrogen) atoms. The van der Waals surface area contributed by atoms with Crippen molar-refractivity contribution < 1.29 is 4.79 Å². The molecule has 104 valence electrons. The Balaban J connectivity index is 1.80. The maximum Gasteiger partial charge on any atom is 0.220 e. The summed E-state index contributed by atoms with van der Waals surface area (Å²) in [5, 5.41) is 3.27. The highest BCUT2D eigenvalue weighted by Gasteiger charge is 2.32. The van der Waals surface area contributed by atoms with Crippen molar-refractivity contribution in [3.63, 3.8) is 0 Å². The topological polar surface area (TPSA) is 55.1 Å². The average molecular weight is 252 g/mol. The lowest BCUT2D eigenvalue weighted by molar-refractivity contribution is -0.124. The molecule has 2 saturated carbocycles. The quantitative estimate of drug-likeness (QED) is 0.811. The minimum atomic E-state index is 0.0340. The lowest BCUT2D eigenvalue weighted by Crippen LogP contribution is -2.48. The van der Waals surface area contributed by atoms with Crippen molar-refractivity contribution >= 4 is 5.91 Å². The lowest BCUT2D eigenvalue weighted by atomic mass is 9.78. The number of amides is 1. The molecule has 0 heterocycles. The first-order chi connectivity index (χ1) is 8.48. The second kappa shape index (κ2) is 5.60. The highest BCUT2D eigenvalue weighted by molar-refractivity contribution is 5.77. The van der Waals surface area contributed by atoms with Gasteiger partial charge in [-0.2, -0.15) is 0 Å². The van der Waals surface area contributed by atoms with Gasteiger partial charge in [0.25, 0.3) is 0 Å². The summed E-state index contributed by atoms with van der Waals surface area (Å²) in [7, 11) is 0. The SMILES string of the molecule is CC1CCC(C)(NC(=O)C[C@@H]2CCC[C@H]2N)CC1. The number of carbonyl (C=O) groups excluding carboxylic acids is 1. The number of nitrogens with two attached hydrogens (primary N) is 1. The van der Waals surface area contributed by atoms with Crippen molar-refractivity contribution in [2.45, 2.75) is 76.8 Å². The molecule has 0 aliphatic heterocycles. The van der Waals surface area contributed by atoms with Gasteiger partial charge in [0.1, 0.15) is 0 Å². The van der Waals surface area contributed by atoms with Crippen LogP contribution in [0, 0.1) is 11.8 Å². The summed E-state index contributed by atoms with van der Waals surface area (Å²) in [4.78, 5) is 12.1. The highest BCUT2D eigenvalue weighted by atomic mass is 16.1. The molecule has 0 aromatic heterocycles. The fourth-order valence-corrected chi connectivity index (χ4v) is 3.47. The maximum absolute atomic E-state index is 12.1. The van der Waals surface area contributed by atoms with Gasteiger partial charge in [0.05, 0.1) is 0 Å². The summed E-state index contributed by atoms with van der Waals surface area (Å²) in [6.07, 6.45) is 8.75. The Kier molecular flexibility index (Phi) is 4.31. The molecular formula is C15H28N2O. The van der Waals surface area contributed by atoms with Crippen LogP contribution in [0.1, 0.15) is 65.2 Å². The first-order valence-electron chi connectivity index (χ1n) is 7.55. The number of carbonyl (C=O) groups is 1. The minimum absolute atomic E-state index is 0.0340. The van der Waals surface area contributed by atoms with E-state index in [-0.39, 0.29) is 17.5 Å². The van der Waals surface area contributed by atoms with Crippen molar-refractivity contribution in [1.82, 2.24) is 5.32 Å². The molecule has 0 saturated heterocycles. The summed E-state index contributed by atoms with van der Waals surface area (Å²) in [6, 6.07) is 0.245. The van der Waals surface area contributed by atoms with Crippen LogP contribution in [0.3, 0.4) is 0 Å². The van der Waals surface area contributed by atoms with Crippen LogP contribution in [0.5, 0.6) is 0 Å². The predicted molar refractivity (Wildman–Crippen MR) is 74.1 cm³/mol. The van der Waals surface area contributed by atoms with E-state index in [0.29, 0.717) is 12.3 Å². The smallest absolute Gasteiger partial charge is 0.220 e. The molecule has 2 atom stereocenters. The van der Waals surface area contributed by atoms with Crippen molar-refractivity contribution in [2.75, 3.05) is 0 Å². The summed E-state index contributed by atoms with van der Waals surface area (Å²) in [5.41, 5.74) is 6.07. The van der Waals surface area contributed by atoms with Crippen molar-refractivity contribution in [1.29, 1.82) is 0 Å². The van der Waals surface area contributed by atoms with E-state index in [1.807, 2.05) is 0 Å². The molecule has 0 unspecified atom stereocenters. The molecule has 0 radical (unpaired) electrons. The zero-order chi connectivity index (χ0) is 13.2. The summed E-state index contributed by atoms with van der Waals surface area (Å²) >= 11 is 0. The van der Waals surface area contributed by atoms with E-state index in [1.165, 1.54) is 19.3 Å². The third-order valence-electron chi connectivity index (χ3n) is 4.98. The molecule has 2 aliphatic carbocycles. The van der Waals surface area contributed by atoms with Crippen LogP contribution < -0.4 is 11.1 Å². The molecule has 3 nitrogen and oxygen atoms in total. The van der Waals surface area contributed by atoms with E-state index in [9.17, 15) is 4.79 Å². The van der Waals surface area contributed by atoms with Gasteiger partial charge in [-0.1, -0.05) is 13.3 Å². The Bertz CT molecular complexity index is 295. The Hall–Kier alpha value is -0.570. The molecule has 2 fully saturated rings. The molecular weight excluding hydrogens is 224 g/mol. The number of rotatable bonds is 3. The van der Waals surface area contributed by atoms with Crippen LogP contribution in [0.15, 0.2) is 0 Å². The molecule has 3 N–H and O–H groups in total. The molecule has 2 aliphatic rings. The number of nitrogens with one attached hydrogen (secondary N) is 1. The Labute approximate surface area is 111 Å². The molecule has 2 rings (SSSR count). The van der Waals surface area contributed by atoms with E-state index in [0.717, 1.165) is 31.6 Å². The van der Waals surface area contributed by atoms with E-state index >= 15 is 0 Å². The van der Waals surface area contributed by atoms with Gasteiger partial charge in [-0.15, -0.1) is 0 Å². The van der Waals surface area contributed by atoms with Crippen LogP contribution >= 0.6 is 0 Å². The van der Waals surface area contributed by atoms with Gasteiger partial charge in [0, 0.05) is 18.0 Å². The zero-order valence-electron chi connectivity index (χ0n) is 11.9. The van der Waals surface area contributed by atoms with Gasteiger partial charge < -0.3 is 11.1 Å². The van der Waals surface area contributed by atoms with Crippen LogP contribution in [-0.4, -0.2) is 17.5 Å². The van der Waals surface area contributed by atoms with Crippen LogP contribution in [0.4, 0.5) is 0 Å². The van der Waals surface area contributed by atoms with Gasteiger partial charge >= 0.3 is 0 Å². The van der Waals surface area contributed by atoms with Crippen LogP contribution in [0.2, 0.25) is 0 Å². The van der Waals surface area contributed by atoms with Gasteiger partial charge in [0.2, 0.25) is 5.91 Å². The van der Waals surface area contributed by atoms with E-state index < -0.39 is 0 Å². The van der Waals surface area contributed by atoms with Gasteiger partial charge in [-0.25, -0.2) is 0 Å². The molecule has 0 aromatic rings. The number of hydrogen-bond acceptors (Lipinski definition) is 2. The van der Waals surface area contributed by atoms with E-state index in [4.69, 9.17) is 5.73 Å². The second-order valence-electron chi connectivity index (χ2n) is 6.85. The Morgan fingerprint density at radius 1 is 1.28 bits per heavy atom. The van der Waals surface area contributed by atoms with Crippen LogP contribution in [0.25, 0.3) is 0 Å². The standard InChI is InChI=1S/C15H28N2O/c1-11-6-8-15(2,9-7-11)17-14(18)10-12-4-3-5-13(12)16/h11-13H,3-10,16H2,1-2H3,(H,17,18)/t11?,12-,13+,15?/m0/s1. The normalized spacial score (nSPS) is 40.7. The summed E-state index contributed by atoms with van der Waals surface area (Å²) in [6.45, 7) is 4.50. The first kappa shape index (κ1) is 13.9. The molecule has 0 aromatic carbocycles. The van der Waals surface area contributed by atoms with Crippen molar-refractivity contribution in [3.05, 3.63) is 0 Å². The Morgan fingerprint density at radius 2 is 1.94 bits per heavy atom. The highest BCUT2D eigenvalue weighted by Crippen LogP contribution is 2.32. The van der Waals surface area contributed by atoms with Crippen LogP contribution in [-0.2, 0) is 4.79 Å². The van der Waals surface area contributed by atoms with E-state index in [1.54, 1.807) is 0 Å². The Morgan fingerprint density at radius 3 is 2.50 bits per heavy atom. The fraction of sp³-hybridized carbons (Fsp3) is 0.933. The van der Waals surface area contributed by atoms with E-state index in [2.05, 4.69) is 19.2 Å². The first-order valence-corrected chi connectivity index (χ1v) is 7.55. The summed E-state index contributed by atoms with van der Waals surface area (Å²) in [5.74, 6) is 1.45. The van der Waals surface area contributed by atoms with Crippen molar-refractivity contribution in [3.8, 4) is 0 Å². The average Bonchev–Trinajstić information content (AvgIpc) is 2.69. The second-order valence-corrected chi connectivity index (χ2v) is 6.85. The van der Waals surface area contributed by atoms with Gasteiger partial charge in [-0.05, 0) is 57.3 Å². The maximum atomic E-state index is 12.1.